The first-order valence-electron chi connectivity index (χ1n) is 9.01. The fourth-order valence-corrected chi connectivity index (χ4v) is 3.97. The van der Waals surface area contributed by atoms with E-state index < -0.39 is 12.3 Å². The lowest BCUT2D eigenvalue weighted by molar-refractivity contribution is 0.0418. The summed E-state index contributed by atoms with van der Waals surface area (Å²) in [6, 6.07) is 5.40. The Balaban J connectivity index is 1.38. The van der Waals surface area contributed by atoms with Crippen LogP contribution in [0.1, 0.15) is 19.3 Å². The molecule has 4 heterocycles. The lowest BCUT2D eigenvalue weighted by Gasteiger charge is -2.32. The number of phenolic OH excluding ortho intramolecular Hbond substituents is 1. The van der Waals surface area contributed by atoms with E-state index in [0.717, 1.165) is 23.6 Å². The van der Waals surface area contributed by atoms with Gasteiger partial charge in [0.1, 0.15) is 11.9 Å². The zero-order valence-electron chi connectivity index (χ0n) is 14.4. The second-order valence-corrected chi connectivity index (χ2v) is 7.10. The third-order valence-electron chi connectivity index (χ3n) is 5.34. The van der Waals surface area contributed by atoms with E-state index in [-0.39, 0.29) is 23.5 Å². The van der Waals surface area contributed by atoms with E-state index in [0.29, 0.717) is 18.0 Å². The van der Waals surface area contributed by atoms with Gasteiger partial charge in [0.15, 0.2) is 12.0 Å². The molecule has 138 valence electrons. The minimum atomic E-state index is -1.07. The SMILES string of the molecule is Oc1cc2cnccc2cc1-c1ncc(O[C@H]2C[C@@H]3CC[C@@H](N3)[C@@H]2F)nn1. The molecule has 27 heavy (non-hydrogen) atoms. The van der Waals surface area contributed by atoms with Crippen molar-refractivity contribution in [3.8, 4) is 23.0 Å². The number of pyridine rings is 1. The topological polar surface area (TPSA) is 93.1 Å². The number of hydrogen-bond acceptors (Lipinski definition) is 7. The summed E-state index contributed by atoms with van der Waals surface area (Å²) in [5.74, 6) is 0.516. The van der Waals surface area contributed by atoms with Gasteiger partial charge in [-0.3, -0.25) is 4.98 Å². The molecular weight excluding hydrogens is 349 g/mol. The quantitative estimate of drug-likeness (QED) is 0.734. The second-order valence-electron chi connectivity index (χ2n) is 7.10. The van der Waals surface area contributed by atoms with Crippen molar-refractivity contribution in [1.29, 1.82) is 0 Å². The molecule has 2 bridgehead atoms. The van der Waals surface area contributed by atoms with Crippen LogP contribution in [-0.4, -0.2) is 49.6 Å². The minimum absolute atomic E-state index is 0.0460. The van der Waals surface area contributed by atoms with Gasteiger partial charge in [-0.2, -0.15) is 0 Å². The molecule has 0 spiro atoms. The van der Waals surface area contributed by atoms with Crippen molar-refractivity contribution >= 4 is 10.8 Å². The third-order valence-corrected chi connectivity index (χ3v) is 5.34. The van der Waals surface area contributed by atoms with Crippen LogP contribution in [0.25, 0.3) is 22.2 Å². The first-order chi connectivity index (χ1) is 13.2. The van der Waals surface area contributed by atoms with Gasteiger partial charge in [0.2, 0.25) is 0 Å². The smallest absolute Gasteiger partial charge is 0.252 e. The molecule has 2 aliphatic heterocycles. The second kappa shape index (κ2) is 6.38. The molecule has 4 atom stereocenters. The molecule has 7 nitrogen and oxygen atoms in total. The number of rotatable bonds is 3. The number of fused-ring (bicyclic) bond motifs is 3. The van der Waals surface area contributed by atoms with Crippen molar-refractivity contribution in [3.05, 3.63) is 36.8 Å². The van der Waals surface area contributed by atoms with Crippen LogP contribution in [0.4, 0.5) is 4.39 Å². The maximum Gasteiger partial charge on any atom is 0.252 e. The van der Waals surface area contributed by atoms with Crippen molar-refractivity contribution < 1.29 is 14.2 Å². The van der Waals surface area contributed by atoms with E-state index in [1.807, 2.05) is 6.07 Å². The molecule has 0 saturated carbocycles. The normalized spacial score (nSPS) is 27.0. The maximum absolute atomic E-state index is 14.5. The van der Waals surface area contributed by atoms with Crippen molar-refractivity contribution in [1.82, 2.24) is 25.5 Å². The van der Waals surface area contributed by atoms with Gasteiger partial charge in [0, 0.05) is 36.3 Å². The molecule has 2 N–H and O–H groups in total. The van der Waals surface area contributed by atoms with Crippen LogP contribution in [0.15, 0.2) is 36.8 Å². The van der Waals surface area contributed by atoms with Gasteiger partial charge in [-0.25, -0.2) is 9.37 Å². The minimum Gasteiger partial charge on any atom is -0.507 e. The fourth-order valence-electron chi connectivity index (χ4n) is 3.97. The molecule has 0 radical (unpaired) electrons. The van der Waals surface area contributed by atoms with Crippen LogP contribution >= 0.6 is 0 Å². The van der Waals surface area contributed by atoms with Crippen LogP contribution in [-0.2, 0) is 0 Å². The zero-order chi connectivity index (χ0) is 18.4. The largest absolute Gasteiger partial charge is 0.507 e. The highest BCUT2D eigenvalue weighted by Crippen LogP contribution is 2.33. The Morgan fingerprint density at radius 3 is 2.93 bits per heavy atom. The number of phenols is 1. The highest BCUT2D eigenvalue weighted by atomic mass is 19.1. The number of halogens is 1. The van der Waals surface area contributed by atoms with Gasteiger partial charge in [0.05, 0.1) is 11.8 Å². The third kappa shape index (κ3) is 2.95. The van der Waals surface area contributed by atoms with Gasteiger partial charge in [-0.05, 0) is 36.4 Å². The summed E-state index contributed by atoms with van der Waals surface area (Å²) < 4.78 is 20.2. The number of ether oxygens (including phenoxy) is 1. The highest BCUT2D eigenvalue weighted by molar-refractivity contribution is 5.88. The molecule has 0 amide bonds. The van der Waals surface area contributed by atoms with Crippen LogP contribution in [0.3, 0.4) is 0 Å². The molecular formula is C19H18FN5O2. The van der Waals surface area contributed by atoms with Crippen molar-refractivity contribution in [2.24, 2.45) is 0 Å². The Morgan fingerprint density at radius 1 is 1.15 bits per heavy atom. The number of aromatic nitrogens is 4. The standard InChI is InChI=1S/C19H18FN5O2/c20-18-14-2-1-12(23-14)7-16(18)27-17-9-22-19(25-24-17)13-5-10-3-4-21-8-11(10)6-15(13)26/h3-6,8-9,12,14,16,18,23,26H,1-2,7H2/t12-,14+,16-,18-/m0/s1. The lowest BCUT2D eigenvalue weighted by atomic mass is 10.0. The lowest BCUT2D eigenvalue weighted by Crippen LogP contribution is -2.51. The molecule has 0 unspecified atom stereocenters. The first-order valence-corrected chi connectivity index (χ1v) is 9.01. The summed E-state index contributed by atoms with van der Waals surface area (Å²) in [5.41, 5.74) is 0.469. The number of hydrogen-bond donors (Lipinski definition) is 2. The van der Waals surface area contributed by atoms with Gasteiger partial charge < -0.3 is 15.2 Å². The monoisotopic (exact) mass is 367 g/mol. The van der Waals surface area contributed by atoms with Gasteiger partial charge >= 0.3 is 0 Å². The van der Waals surface area contributed by atoms with Crippen LogP contribution in [0.2, 0.25) is 0 Å². The molecule has 0 aliphatic carbocycles. The Labute approximate surface area is 154 Å². The van der Waals surface area contributed by atoms with E-state index in [2.05, 4.69) is 25.5 Å². The highest BCUT2D eigenvalue weighted by Gasteiger charge is 2.43. The summed E-state index contributed by atoms with van der Waals surface area (Å²) in [4.78, 5) is 8.29. The summed E-state index contributed by atoms with van der Waals surface area (Å²) in [7, 11) is 0. The Kier molecular flexibility index (Phi) is 3.86. The van der Waals surface area contributed by atoms with Crippen LogP contribution < -0.4 is 10.1 Å². The summed E-state index contributed by atoms with van der Waals surface area (Å²) >= 11 is 0. The average molecular weight is 367 g/mol. The van der Waals surface area contributed by atoms with E-state index in [1.54, 1.807) is 24.5 Å². The molecule has 8 heteroatoms. The van der Waals surface area contributed by atoms with Crippen molar-refractivity contribution in [2.45, 2.75) is 43.6 Å². The molecule has 3 aromatic rings. The predicted octanol–water partition coefficient (Wildman–Crippen LogP) is 2.40. The van der Waals surface area contributed by atoms with E-state index in [9.17, 15) is 9.50 Å². The molecule has 1 aromatic carbocycles. The number of benzene rings is 1. The van der Waals surface area contributed by atoms with Gasteiger partial charge in [0.25, 0.3) is 5.88 Å². The Bertz CT molecular complexity index is 984. The number of aromatic hydroxyl groups is 1. The Hall–Kier alpha value is -2.87. The van der Waals surface area contributed by atoms with E-state index in [4.69, 9.17) is 4.74 Å². The number of piperidine rings is 1. The van der Waals surface area contributed by atoms with Crippen LogP contribution in [0, 0.1) is 0 Å². The molecule has 2 fully saturated rings. The maximum atomic E-state index is 14.5. The van der Waals surface area contributed by atoms with Gasteiger partial charge in [-0.1, -0.05) is 0 Å². The van der Waals surface area contributed by atoms with E-state index in [1.165, 1.54) is 6.20 Å². The fraction of sp³-hybridized carbons (Fsp3) is 0.368. The average Bonchev–Trinajstić information content (AvgIpc) is 3.10. The summed E-state index contributed by atoms with van der Waals surface area (Å²) in [5, 5.41) is 23.4. The number of alkyl halides is 1. The molecule has 2 aliphatic rings. The number of nitrogens with one attached hydrogen (secondary N) is 1. The van der Waals surface area contributed by atoms with Crippen molar-refractivity contribution in [3.63, 3.8) is 0 Å². The molecule has 2 saturated heterocycles. The van der Waals surface area contributed by atoms with Gasteiger partial charge in [-0.15, -0.1) is 10.2 Å². The summed E-state index contributed by atoms with van der Waals surface area (Å²) in [6.45, 7) is 0. The summed E-state index contributed by atoms with van der Waals surface area (Å²) in [6.07, 6.45) is 5.61. The van der Waals surface area contributed by atoms with Crippen LogP contribution in [0.5, 0.6) is 11.6 Å². The number of nitrogens with zero attached hydrogens (tertiary/aromatic N) is 4. The first kappa shape index (κ1) is 16.3. The Morgan fingerprint density at radius 2 is 2.07 bits per heavy atom. The predicted molar refractivity (Wildman–Crippen MR) is 96.1 cm³/mol. The molecule has 2 aromatic heterocycles. The van der Waals surface area contributed by atoms with E-state index >= 15 is 0 Å². The molecule has 5 rings (SSSR count). The zero-order valence-corrected chi connectivity index (χ0v) is 14.4. The van der Waals surface area contributed by atoms with Crippen molar-refractivity contribution in [2.75, 3.05) is 0 Å².